The van der Waals surface area contributed by atoms with Crippen LogP contribution in [0.15, 0.2) is 48.5 Å². The van der Waals surface area contributed by atoms with Gasteiger partial charge < -0.3 is 25.0 Å². The normalized spacial score (nSPS) is 14.5. The molecule has 0 aliphatic carbocycles. The van der Waals surface area contributed by atoms with Gasteiger partial charge >= 0.3 is 12.1 Å². The number of amides is 3. The van der Waals surface area contributed by atoms with Crippen molar-refractivity contribution in [2.75, 3.05) is 32.8 Å². The van der Waals surface area contributed by atoms with Crippen molar-refractivity contribution < 1.29 is 29.0 Å². The average molecular weight is 525 g/mol. The van der Waals surface area contributed by atoms with Crippen molar-refractivity contribution in [1.29, 1.82) is 0 Å². The SMILES string of the molecule is CC(C)(C)CCOC(=O)N1CCN(C(=O)[C@H](CCC(=O)O)NC(=O)c2cccc(-c3ccccc3)n2)CC1. The molecule has 3 amide bonds. The Kier molecular flexibility index (Phi) is 9.81. The van der Waals surface area contributed by atoms with Crippen molar-refractivity contribution in [3.8, 4) is 11.3 Å². The summed E-state index contributed by atoms with van der Waals surface area (Å²) in [5.41, 5.74) is 1.63. The van der Waals surface area contributed by atoms with E-state index in [0.717, 1.165) is 12.0 Å². The molecule has 1 fully saturated rings. The van der Waals surface area contributed by atoms with Crippen LogP contribution in [0.2, 0.25) is 0 Å². The summed E-state index contributed by atoms with van der Waals surface area (Å²) in [4.78, 5) is 57.4. The molecule has 1 aliphatic heterocycles. The summed E-state index contributed by atoms with van der Waals surface area (Å²) >= 11 is 0. The zero-order valence-corrected chi connectivity index (χ0v) is 22.2. The second-order valence-corrected chi connectivity index (χ2v) is 10.5. The Balaban J connectivity index is 1.61. The third kappa shape index (κ3) is 8.57. The molecule has 2 heterocycles. The van der Waals surface area contributed by atoms with Gasteiger partial charge in [-0.15, -0.1) is 0 Å². The number of carbonyl (C=O) groups is 4. The highest BCUT2D eigenvalue weighted by molar-refractivity contribution is 5.96. The summed E-state index contributed by atoms with van der Waals surface area (Å²) in [6, 6.07) is 13.4. The summed E-state index contributed by atoms with van der Waals surface area (Å²) in [5, 5.41) is 11.9. The van der Waals surface area contributed by atoms with Gasteiger partial charge in [0.25, 0.3) is 5.91 Å². The third-order valence-electron chi connectivity index (χ3n) is 6.23. The van der Waals surface area contributed by atoms with E-state index in [1.54, 1.807) is 28.0 Å². The Morgan fingerprint density at radius 2 is 1.63 bits per heavy atom. The number of aromatic nitrogens is 1. The Morgan fingerprint density at radius 3 is 2.26 bits per heavy atom. The topological polar surface area (TPSA) is 129 Å². The molecule has 0 bridgehead atoms. The van der Waals surface area contributed by atoms with Gasteiger partial charge in [-0.1, -0.05) is 57.2 Å². The van der Waals surface area contributed by atoms with Gasteiger partial charge in [0.1, 0.15) is 11.7 Å². The highest BCUT2D eigenvalue weighted by atomic mass is 16.6. The predicted octanol–water partition coefficient (Wildman–Crippen LogP) is 3.43. The van der Waals surface area contributed by atoms with Crippen molar-refractivity contribution in [3.05, 3.63) is 54.2 Å². The summed E-state index contributed by atoms with van der Waals surface area (Å²) in [6.45, 7) is 7.64. The van der Waals surface area contributed by atoms with Crippen LogP contribution in [0.4, 0.5) is 4.79 Å². The molecule has 1 aliphatic rings. The number of nitrogens with zero attached hydrogens (tertiary/aromatic N) is 3. The standard InChI is InChI=1S/C28H36N4O6/c1-28(2,3)14-19-38-27(37)32-17-15-31(16-18-32)26(36)23(12-13-24(33)34)30-25(35)22-11-7-10-21(29-22)20-8-5-4-6-9-20/h4-11,23H,12-19H2,1-3H3,(H,30,35)(H,33,34)/t23-/m0/s1. The molecule has 0 radical (unpaired) electrons. The number of benzene rings is 1. The zero-order valence-electron chi connectivity index (χ0n) is 22.2. The van der Waals surface area contributed by atoms with Crippen LogP contribution < -0.4 is 5.32 Å². The van der Waals surface area contributed by atoms with Gasteiger partial charge in [-0.2, -0.15) is 0 Å². The van der Waals surface area contributed by atoms with Gasteiger partial charge in [-0.25, -0.2) is 9.78 Å². The summed E-state index contributed by atoms with van der Waals surface area (Å²) in [5.74, 6) is -2.02. The quantitative estimate of drug-likeness (QED) is 0.514. The minimum Gasteiger partial charge on any atom is -0.481 e. The molecule has 0 saturated carbocycles. The van der Waals surface area contributed by atoms with E-state index in [-0.39, 0.29) is 42.9 Å². The number of nitrogens with one attached hydrogen (secondary N) is 1. The summed E-state index contributed by atoms with van der Waals surface area (Å²) in [7, 11) is 0. The Morgan fingerprint density at radius 1 is 0.974 bits per heavy atom. The van der Waals surface area contributed by atoms with Gasteiger partial charge in [0.05, 0.1) is 12.3 Å². The number of ether oxygens (including phenoxy) is 1. The van der Waals surface area contributed by atoms with Crippen LogP contribution in [0.3, 0.4) is 0 Å². The van der Waals surface area contributed by atoms with Crippen molar-refractivity contribution in [2.24, 2.45) is 5.41 Å². The molecule has 10 nitrogen and oxygen atoms in total. The van der Waals surface area contributed by atoms with E-state index in [2.05, 4.69) is 31.1 Å². The molecule has 3 rings (SSSR count). The van der Waals surface area contributed by atoms with Gasteiger partial charge in [-0.05, 0) is 30.4 Å². The monoisotopic (exact) mass is 524 g/mol. The molecular formula is C28H36N4O6. The lowest BCUT2D eigenvalue weighted by molar-refractivity contribution is -0.138. The van der Waals surface area contributed by atoms with E-state index in [4.69, 9.17) is 4.74 Å². The molecule has 10 heteroatoms. The first-order valence-electron chi connectivity index (χ1n) is 12.8. The van der Waals surface area contributed by atoms with Crippen molar-refractivity contribution in [2.45, 2.75) is 46.1 Å². The number of hydrogen-bond acceptors (Lipinski definition) is 6. The largest absolute Gasteiger partial charge is 0.481 e. The number of piperazine rings is 1. The average Bonchev–Trinajstić information content (AvgIpc) is 2.90. The van der Waals surface area contributed by atoms with E-state index in [1.807, 2.05) is 30.3 Å². The van der Waals surface area contributed by atoms with Crippen LogP contribution in [0, 0.1) is 5.41 Å². The molecule has 1 aromatic heterocycles. The van der Waals surface area contributed by atoms with E-state index < -0.39 is 24.0 Å². The smallest absolute Gasteiger partial charge is 0.409 e. The maximum absolute atomic E-state index is 13.3. The molecule has 2 N–H and O–H groups in total. The minimum atomic E-state index is -1.07. The van der Waals surface area contributed by atoms with Gasteiger partial charge in [0, 0.05) is 38.2 Å². The third-order valence-corrected chi connectivity index (χ3v) is 6.23. The molecule has 204 valence electrons. The van der Waals surface area contributed by atoms with Gasteiger partial charge in [0.2, 0.25) is 5.91 Å². The van der Waals surface area contributed by atoms with Crippen LogP contribution >= 0.6 is 0 Å². The number of aliphatic carboxylic acids is 1. The van der Waals surface area contributed by atoms with E-state index in [1.165, 1.54) is 0 Å². The van der Waals surface area contributed by atoms with E-state index in [0.29, 0.717) is 25.4 Å². The molecule has 0 unspecified atom stereocenters. The Bertz CT molecular complexity index is 1120. The zero-order chi connectivity index (χ0) is 27.7. The highest BCUT2D eigenvalue weighted by Gasteiger charge is 2.31. The number of pyridine rings is 1. The molecule has 1 aromatic carbocycles. The lowest BCUT2D eigenvalue weighted by atomic mass is 9.93. The second-order valence-electron chi connectivity index (χ2n) is 10.5. The minimum absolute atomic E-state index is 0.0547. The molecular weight excluding hydrogens is 488 g/mol. The number of carboxylic acids is 1. The number of carbonyl (C=O) groups excluding carboxylic acids is 3. The fourth-order valence-corrected chi connectivity index (χ4v) is 3.95. The van der Waals surface area contributed by atoms with Gasteiger partial charge in [0.15, 0.2) is 0 Å². The van der Waals surface area contributed by atoms with Crippen LogP contribution in [-0.4, -0.2) is 82.6 Å². The second kappa shape index (κ2) is 13.0. The first-order valence-corrected chi connectivity index (χ1v) is 12.8. The van der Waals surface area contributed by atoms with E-state index in [9.17, 15) is 24.3 Å². The number of rotatable bonds is 9. The first kappa shape index (κ1) is 28.6. The lowest BCUT2D eigenvalue weighted by Crippen LogP contribution is -2.56. The van der Waals surface area contributed by atoms with Crippen LogP contribution in [0.25, 0.3) is 11.3 Å². The predicted molar refractivity (Wildman–Crippen MR) is 141 cm³/mol. The van der Waals surface area contributed by atoms with Crippen LogP contribution in [-0.2, 0) is 14.3 Å². The lowest BCUT2D eigenvalue weighted by Gasteiger charge is -2.36. The van der Waals surface area contributed by atoms with Crippen LogP contribution in [0.5, 0.6) is 0 Å². The Hall–Kier alpha value is -3.95. The Labute approximate surface area is 223 Å². The summed E-state index contributed by atoms with van der Waals surface area (Å²) in [6.07, 6.45) is -0.0196. The molecule has 1 atom stereocenters. The van der Waals surface area contributed by atoms with Crippen molar-refractivity contribution in [1.82, 2.24) is 20.1 Å². The molecule has 1 saturated heterocycles. The molecule has 2 aromatic rings. The molecule has 38 heavy (non-hydrogen) atoms. The fraction of sp³-hybridized carbons (Fsp3) is 0.464. The summed E-state index contributed by atoms with van der Waals surface area (Å²) < 4.78 is 5.36. The van der Waals surface area contributed by atoms with Crippen LogP contribution in [0.1, 0.15) is 50.5 Å². The first-order chi connectivity index (χ1) is 18.0. The number of carboxylic acid groups (broad SMARTS) is 1. The van der Waals surface area contributed by atoms with E-state index >= 15 is 0 Å². The maximum Gasteiger partial charge on any atom is 0.409 e. The van der Waals surface area contributed by atoms with Crippen molar-refractivity contribution >= 4 is 23.9 Å². The fourth-order valence-electron chi connectivity index (χ4n) is 3.95. The highest BCUT2D eigenvalue weighted by Crippen LogP contribution is 2.19. The molecule has 0 spiro atoms. The van der Waals surface area contributed by atoms with Gasteiger partial charge in [-0.3, -0.25) is 14.4 Å². The maximum atomic E-state index is 13.3. The van der Waals surface area contributed by atoms with Crippen molar-refractivity contribution in [3.63, 3.8) is 0 Å². The number of hydrogen-bond donors (Lipinski definition) is 2.